The Kier molecular flexibility index (Phi) is 6.88. The summed E-state index contributed by atoms with van der Waals surface area (Å²) in [7, 11) is -6.39. The van der Waals surface area contributed by atoms with Gasteiger partial charge in [0.2, 0.25) is 0 Å². The highest BCUT2D eigenvalue weighted by Gasteiger charge is 2.52. The first-order valence-corrected chi connectivity index (χ1v) is 15.2. The predicted molar refractivity (Wildman–Crippen MR) is 146 cm³/mol. The summed E-state index contributed by atoms with van der Waals surface area (Å²) in [6.45, 7) is 6.60. The molecule has 35 heavy (non-hydrogen) atoms. The zero-order chi connectivity index (χ0) is 25.1. The zero-order valence-corrected chi connectivity index (χ0v) is 22.1. The van der Waals surface area contributed by atoms with Gasteiger partial charge in [-0.25, -0.2) is 8.42 Å². The molecule has 4 aromatic rings. The molecule has 0 unspecified atom stereocenters. The van der Waals surface area contributed by atoms with E-state index in [-0.39, 0.29) is 15.7 Å². The summed E-state index contributed by atoms with van der Waals surface area (Å²) in [5.41, 5.74) is 7.33. The van der Waals surface area contributed by atoms with Gasteiger partial charge < -0.3 is 10.2 Å². The minimum Gasteiger partial charge on any atom is -0.534 e. The second-order valence-electron chi connectivity index (χ2n) is 9.75. The highest BCUT2D eigenvalue weighted by Crippen LogP contribution is 2.38. The summed E-state index contributed by atoms with van der Waals surface area (Å²) >= 11 is 0. The third kappa shape index (κ3) is 5.18. The lowest BCUT2D eigenvalue weighted by atomic mass is 10.2. The van der Waals surface area contributed by atoms with Gasteiger partial charge in [0.1, 0.15) is 5.75 Å². The maximum Gasteiger partial charge on any atom is 0.319 e. The van der Waals surface area contributed by atoms with Crippen molar-refractivity contribution in [2.24, 2.45) is 0 Å². The third-order valence-corrected chi connectivity index (χ3v) is 12.8. The average molecular weight is 502 g/mol. The molecule has 0 aliphatic carbocycles. The molecule has 0 fully saturated rings. The third-order valence-electron chi connectivity index (χ3n) is 6.14. The van der Waals surface area contributed by atoms with Crippen LogP contribution in [-0.4, -0.2) is 16.7 Å². The maximum absolute atomic E-state index is 13.0. The molecule has 0 aromatic heterocycles. The first-order valence-electron chi connectivity index (χ1n) is 11.6. The number of nitrogen functional groups attached to an aromatic ring is 1. The van der Waals surface area contributed by atoms with Crippen molar-refractivity contribution >= 4 is 34.2 Å². The van der Waals surface area contributed by atoms with E-state index in [9.17, 15) is 8.42 Å². The van der Waals surface area contributed by atoms with Crippen LogP contribution in [0, 0.1) is 0 Å². The van der Waals surface area contributed by atoms with Crippen molar-refractivity contribution in [2.75, 3.05) is 5.73 Å². The van der Waals surface area contributed by atoms with Gasteiger partial charge in [0.05, 0.1) is 10.6 Å². The highest BCUT2D eigenvalue weighted by molar-refractivity contribution is 7.90. The van der Waals surface area contributed by atoms with E-state index in [0.29, 0.717) is 17.0 Å². The molecule has 4 nitrogen and oxygen atoms in total. The first-order chi connectivity index (χ1) is 16.6. The summed E-state index contributed by atoms with van der Waals surface area (Å²) in [5.74, 6) is 0.427. The number of anilines is 1. The molecule has 0 bridgehead atoms. The molecule has 0 saturated heterocycles. The highest BCUT2D eigenvalue weighted by atomic mass is 32.2. The molecule has 6 heteroatoms. The second kappa shape index (κ2) is 9.72. The van der Waals surface area contributed by atoms with Crippen LogP contribution in [-0.2, 0) is 15.6 Å². The van der Waals surface area contributed by atoms with Crippen molar-refractivity contribution in [2.45, 2.75) is 36.5 Å². The summed E-state index contributed by atoms with van der Waals surface area (Å²) in [6, 6.07) is 34.4. The van der Waals surface area contributed by atoms with Gasteiger partial charge in [0.25, 0.3) is 0 Å². The molecule has 0 atom stereocenters. The van der Waals surface area contributed by atoms with Crippen LogP contribution in [0.3, 0.4) is 0 Å². The summed E-state index contributed by atoms with van der Waals surface area (Å²) in [4.78, 5) is 0.289. The van der Waals surface area contributed by atoms with E-state index < -0.39 is 18.2 Å². The number of hydrogen-bond acceptors (Lipinski definition) is 4. The van der Waals surface area contributed by atoms with Gasteiger partial charge >= 0.3 is 8.32 Å². The molecular formula is C29H31NO3SSi. The van der Waals surface area contributed by atoms with Crippen LogP contribution in [0.2, 0.25) is 5.04 Å². The molecule has 0 heterocycles. The topological polar surface area (TPSA) is 69.4 Å². The van der Waals surface area contributed by atoms with E-state index in [1.165, 1.54) is 0 Å². The van der Waals surface area contributed by atoms with Gasteiger partial charge in [-0.2, -0.15) is 0 Å². The van der Waals surface area contributed by atoms with Gasteiger partial charge in [-0.05, 0) is 45.2 Å². The molecule has 0 aliphatic rings. The van der Waals surface area contributed by atoms with E-state index in [1.54, 1.807) is 42.5 Å². The molecule has 0 radical (unpaired) electrons. The maximum atomic E-state index is 13.0. The van der Waals surface area contributed by atoms with E-state index in [4.69, 9.17) is 10.2 Å². The van der Waals surface area contributed by atoms with Crippen LogP contribution in [0.25, 0.3) is 0 Å². The molecule has 0 saturated carbocycles. The van der Waals surface area contributed by atoms with Crippen LogP contribution in [0.1, 0.15) is 26.3 Å². The van der Waals surface area contributed by atoms with E-state index in [0.717, 1.165) is 10.4 Å². The fraction of sp³-hybridized carbons (Fsp3) is 0.172. The summed E-state index contributed by atoms with van der Waals surface area (Å²) in [6.07, 6.45) is 0. The Morgan fingerprint density at radius 1 is 0.743 bits per heavy atom. The molecule has 4 aromatic carbocycles. The zero-order valence-electron chi connectivity index (χ0n) is 20.3. The van der Waals surface area contributed by atoms with Crippen LogP contribution in [0.15, 0.2) is 114 Å². The number of nitrogens with two attached hydrogens (primary N) is 1. The van der Waals surface area contributed by atoms with E-state index in [2.05, 4.69) is 45.0 Å². The SMILES string of the molecule is CC(C)(C)[Si](Oc1cc(N)cc(CS(=O)(=O)c2ccccc2)c1)(c1ccccc1)c1ccccc1. The number of rotatable bonds is 7. The van der Waals surface area contributed by atoms with Crippen molar-refractivity contribution in [1.82, 2.24) is 0 Å². The normalized spacial score (nSPS) is 12.3. The smallest absolute Gasteiger partial charge is 0.319 e. The standard InChI is InChI=1S/C29H31NO3SSi/c1-29(2,3)35(27-15-9-5-10-16-27,28-17-11-6-12-18-28)33-25-20-23(19-24(30)21-25)22-34(31,32)26-13-7-4-8-14-26/h4-21H,22,30H2,1-3H3. The van der Waals surface area contributed by atoms with Gasteiger partial charge in [0.15, 0.2) is 9.84 Å². The monoisotopic (exact) mass is 501 g/mol. The Morgan fingerprint density at radius 2 is 1.23 bits per heavy atom. The average Bonchev–Trinajstić information content (AvgIpc) is 2.83. The molecular weight excluding hydrogens is 470 g/mol. The van der Waals surface area contributed by atoms with Gasteiger partial charge in [-0.15, -0.1) is 0 Å². The van der Waals surface area contributed by atoms with E-state index >= 15 is 0 Å². The van der Waals surface area contributed by atoms with Crippen LogP contribution < -0.4 is 20.5 Å². The van der Waals surface area contributed by atoms with Gasteiger partial charge in [0, 0.05) is 11.8 Å². The number of hydrogen-bond donors (Lipinski definition) is 1. The van der Waals surface area contributed by atoms with Crippen molar-refractivity contribution in [3.63, 3.8) is 0 Å². The quantitative estimate of drug-likeness (QED) is 0.280. The van der Waals surface area contributed by atoms with Crippen molar-refractivity contribution in [3.8, 4) is 5.75 Å². The molecule has 0 spiro atoms. The summed E-state index contributed by atoms with van der Waals surface area (Å²) < 4.78 is 33.1. The summed E-state index contributed by atoms with van der Waals surface area (Å²) in [5, 5.41) is 2.05. The lowest BCUT2D eigenvalue weighted by Gasteiger charge is -2.43. The van der Waals surface area contributed by atoms with Crippen molar-refractivity contribution in [3.05, 3.63) is 115 Å². The van der Waals surface area contributed by atoms with Crippen LogP contribution >= 0.6 is 0 Å². The Bertz CT molecular complexity index is 1350. The second-order valence-corrected chi connectivity index (χ2v) is 16.0. The Hall–Kier alpha value is -3.35. The molecule has 4 rings (SSSR count). The Labute approximate surface area is 209 Å². The minimum atomic E-state index is -3.52. The van der Waals surface area contributed by atoms with Crippen molar-refractivity contribution < 1.29 is 12.8 Å². The Morgan fingerprint density at radius 3 is 1.71 bits per heavy atom. The fourth-order valence-corrected chi connectivity index (χ4v) is 10.3. The lowest BCUT2D eigenvalue weighted by Crippen LogP contribution is -2.68. The first kappa shape index (κ1) is 24.8. The molecule has 0 aliphatic heterocycles. The predicted octanol–water partition coefficient (Wildman–Crippen LogP) is 5.18. The van der Waals surface area contributed by atoms with Crippen LogP contribution in [0.4, 0.5) is 5.69 Å². The lowest BCUT2D eigenvalue weighted by molar-refractivity contribution is 0.508. The Balaban J connectivity index is 1.82. The minimum absolute atomic E-state index is 0.154. The molecule has 180 valence electrons. The van der Waals surface area contributed by atoms with Crippen LogP contribution in [0.5, 0.6) is 5.75 Å². The van der Waals surface area contributed by atoms with Gasteiger partial charge in [-0.3, -0.25) is 0 Å². The molecule has 2 N–H and O–H groups in total. The number of sulfone groups is 1. The fourth-order valence-electron chi connectivity index (χ4n) is 4.59. The number of benzene rings is 4. The van der Waals surface area contributed by atoms with Gasteiger partial charge in [-0.1, -0.05) is 99.6 Å². The largest absolute Gasteiger partial charge is 0.534 e. The van der Waals surface area contributed by atoms with Crippen molar-refractivity contribution in [1.29, 1.82) is 0 Å². The molecule has 0 amide bonds. The van der Waals surface area contributed by atoms with E-state index in [1.807, 2.05) is 42.5 Å².